The van der Waals surface area contributed by atoms with Crippen LogP contribution in [0.25, 0.3) is 0 Å². The Bertz CT molecular complexity index is 765. The quantitative estimate of drug-likeness (QED) is 0.625. The molecule has 1 aromatic rings. The Hall–Kier alpha value is -1.80. The summed E-state index contributed by atoms with van der Waals surface area (Å²) in [7, 11) is -1.60. The van der Waals surface area contributed by atoms with Gasteiger partial charge in [0.05, 0.1) is 17.1 Å². The zero-order valence-electron chi connectivity index (χ0n) is 13.4. The van der Waals surface area contributed by atoms with Gasteiger partial charge in [0.25, 0.3) is 5.91 Å². The predicted octanol–water partition coefficient (Wildman–Crippen LogP) is 1.11. The first-order valence-electron chi connectivity index (χ1n) is 7.34. The average Bonchev–Trinajstić information content (AvgIpc) is 2.85. The van der Waals surface area contributed by atoms with E-state index in [1.165, 1.54) is 37.1 Å². The molecule has 1 heterocycles. The molecular weight excluding hydrogens is 356 g/mol. The van der Waals surface area contributed by atoms with Crippen molar-refractivity contribution in [1.82, 2.24) is 4.90 Å². The first-order valence-corrected chi connectivity index (χ1v) is 9.54. The summed E-state index contributed by atoms with van der Waals surface area (Å²) >= 11 is 5.77. The summed E-state index contributed by atoms with van der Waals surface area (Å²) in [6, 6.07) is 3.94. The van der Waals surface area contributed by atoms with Crippen molar-refractivity contribution in [3.63, 3.8) is 0 Å². The number of benzene rings is 1. The van der Waals surface area contributed by atoms with Gasteiger partial charge in [-0.1, -0.05) is 11.6 Å². The summed E-state index contributed by atoms with van der Waals surface area (Å²) in [5, 5.41) is 0.385. The number of nitrogens with zero attached hydrogens (tertiary/aromatic N) is 1. The summed E-state index contributed by atoms with van der Waals surface area (Å²) < 4.78 is 28.2. The standard InChI is InChI=1S/C15H19ClN2O5S/c1-9(14(19)18(2)11-5-6-24(21,22)8-11)23-15(20)12-4-3-10(16)7-13(12)17/h3-4,7,9,11H,5-6,8,17H2,1-2H3/t9-,11-/m0/s1. The van der Waals surface area contributed by atoms with Gasteiger partial charge in [0.2, 0.25) is 0 Å². The van der Waals surface area contributed by atoms with Crippen LogP contribution in [0.2, 0.25) is 5.02 Å². The molecule has 1 aromatic carbocycles. The van der Waals surface area contributed by atoms with Crippen LogP contribution in [0.4, 0.5) is 5.69 Å². The molecule has 1 aliphatic heterocycles. The number of rotatable bonds is 4. The van der Waals surface area contributed by atoms with Crippen molar-refractivity contribution < 1.29 is 22.7 Å². The van der Waals surface area contributed by atoms with Crippen LogP contribution in [0.1, 0.15) is 23.7 Å². The minimum Gasteiger partial charge on any atom is -0.449 e. The maximum atomic E-state index is 12.3. The molecule has 2 rings (SSSR count). The number of nitrogens with two attached hydrogens (primary N) is 1. The molecule has 7 nitrogen and oxygen atoms in total. The lowest BCUT2D eigenvalue weighted by atomic mass is 10.2. The molecule has 2 atom stereocenters. The zero-order valence-corrected chi connectivity index (χ0v) is 14.9. The molecule has 1 aliphatic rings. The highest BCUT2D eigenvalue weighted by Crippen LogP contribution is 2.21. The van der Waals surface area contributed by atoms with Crippen molar-refractivity contribution in [2.75, 3.05) is 24.3 Å². The summed E-state index contributed by atoms with van der Waals surface area (Å²) in [4.78, 5) is 25.8. The Morgan fingerprint density at radius 1 is 1.42 bits per heavy atom. The Kier molecular flexibility index (Phi) is 5.39. The van der Waals surface area contributed by atoms with Gasteiger partial charge in [-0.2, -0.15) is 0 Å². The van der Waals surface area contributed by atoms with Gasteiger partial charge in [0.1, 0.15) is 0 Å². The van der Waals surface area contributed by atoms with Crippen LogP contribution < -0.4 is 5.73 Å². The van der Waals surface area contributed by atoms with Crippen LogP contribution in [0.3, 0.4) is 0 Å². The highest BCUT2D eigenvalue weighted by molar-refractivity contribution is 7.91. The van der Waals surface area contributed by atoms with Gasteiger partial charge < -0.3 is 15.4 Å². The number of sulfone groups is 1. The predicted molar refractivity (Wildman–Crippen MR) is 90.6 cm³/mol. The lowest BCUT2D eigenvalue weighted by Gasteiger charge is -2.26. The Balaban J connectivity index is 2.02. The van der Waals surface area contributed by atoms with Gasteiger partial charge in [0.15, 0.2) is 15.9 Å². The number of halogens is 1. The number of nitrogen functional groups attached to an aromatic ring is 1. The summed E-state index contributed by atoms with van der Waals surface area (Å²) in [5.41, 5.74) is 5.99. The molecule has 0 bridgehead atoms. The molecule has 2 N–H and O–H groups in total. The van der Waals surface area contributed by atoms with Crippen molar-refractivity contribution in [3.8, 4) is 0 Å². The van der Waals surface area contributed by atoms with Gasteiger partial charge >= 0.3 is 5.97 Å². The van der Waals surface area contributed by atoms with E-state index in [0.717, 1.165) is 0 Å². The summed E-state index contributed by atoms with van der Waals surface area (Å²) in [6.45, 7) is 1.44. The topological polar surface area (TPSA) is 107 Å². The largest absolute Gasteiger partial charge is 0.449 e. The molecule has 24 heavy (non-hydrogen) atoms. The van der Waals surface area contributed by atoms with Gasteiger partial charge in [0, 0.05) is 23.8 Å². The molecule has 9 heteroatoms. The fourth-order valence-corrected chi connectivity index (χ4v) is 4.50. The Labute approximate surface area is 145 Å². The molecule has 0 saturated carbocycles. The number of ether oxygens (including phenoxy) is 1. The molecule has 1 fully saturated rings. The first-order chi connectivity index (χ1) is 11.1. The Morgan fingerprint density at radius 2 is 2.08 bits per heavy atom. The van der Waals surface area contributed by atoms with Crippen molar-refractivity contribution in [2.45, 2.75) is 25.5 Å². The maximum absolute atomic E-state index is 12.3. The number of carbonyl (C=O) groups excluding carboxylic acids is 2. The third-order valence-corrected chi connectivity index (χ3v) is 5.95. The molecule has 0 radical (unpaired) electrons. The van der Waals surface area contributed by atoms with E-state index in [4.69, 9.17) is 22.1 Å². The van der Waals surface area contributed by atoms with E-state index in [2.05, 4.69) is 0 Å². The Morgan fingerprint density at radius 3 is 2.62 bits per heavy atom. The fraction of sp³-hybridized carbons (Fsp3) is 0.467. The highest BCUT2D eigenvalue weighted by Gasteiger charge is 2.35. The minimum atomic E-state index is -3.11. The molecule has 1 saturated heterocycles. The molecule has 0 aromatic heterocycles. The van der Waals surface area contributed by atoms with Crippen LogP contribution in [0, 0.1) is 0 Å². The third-order valence-electron chi connectivity index (χ3n) is 3.97. The number of anilines is 1. The molecule has 0 unspecified atom stereocenters. The molecule has 0 spiro atoms. The van der Waals surface area contributed by atoms with Crippen molar-refractivity contribution in [2.24, 2.45) is 0 Å². The number of esters is 1. The fourth-order valence-electron chi connectivity index (χ4n) is 2.54. The summed E-state index contributed by atoms with van der Waals surface area (Å²) in [6.07, 6.45) is -0.670. The van der Waals surface area contributed by atoms with Gasteiger partial charge in [-0.05, 0) is 31.5 Å². The second-order valence-corrected chi connectivity index (χ2v) is 8.45. The van der Waals surface area contributed by atoms with Crippen LogP contribution >= 0.6 is 11.6 Å². The molecular formula is C15H19ClN2O5S. The van der Waals surface area contributed by atoms with E-state index < -0.39 is 33.9 Å². The molecule has 132 valence electrons. The van der Waals surface area contributed by atoms with E-state index in [-0.39, 0.29) is 22.8 Å². The second-order valence-electron chi connectivity index (χ2n) is 5.79. The maximum Gasteiger partial charge on any atom is 0.341 e. The summed E-state index contributed by atoms with van der Waals surface area (Å²) in [5.74, 6) is -1.21. The van der Waals surface area contributed by atoms with Gasteiger partial charge in [-0.3, -0.25) is 4.79 Å². The van der Waals surface area contributed by atoms with Crippen molar-refractivity contribution in [3.05, 3.63) is 28.8 Å². The number of hydrogen-bond acceptors (Lipinski definition) is 6. The third kappa shape index (κ3) is 4.18. The molecule has 0 aliphatic carbocycles. The van der Waals surface area contributed by atoms with Gasteiger partial charge in [-0.15, -0.1) is 0 Å². The number of carbonyl (C=O) groups is 2. The molecule has 1 amide bonds. The van der Waals surface area contributed by atoms with E-state index in [0.29, 0.717) is 11.4 Å². The minimum absolute atomic E-state index is 0.0603. The number of likely N-dealkylation sites (N-methyl/N-ethyl adjacent to an activating group) is 1. The highest BCUT2D eigenvalue weighted by atomic mass is 35.5. The second kappa shape index (κ2) is 6.98. The number of amides is 1. The van der Waals surface area contributed by atoms with Crippen LogP contribution in [-0.2, 0) is 19.4 Å². The van der Waals surface area contributed by atoms with E-state index >= 15 is 0 Å². The lowest BCUT2D eigenvalue weighted by Crippen LogP contribution is -2.44. The van der Waals surface area contributed by atoms with E-state index in [1.54, 1.807) is 0 Å². The van der Waals surface area contributed by atoms with Crippen LogP contribution in [0.5, 0.6) is 0 Å². The zero-order chi connectivity index (χ0) is 18.1. The first kappa shape index (κ1) is 18.5. The van der Waals surface area contributed by atoms with Crippen molar-refractivity contribution >= 4 is 39.0 Å². The lowest BCUT2D eigenvalue weighted by molar-refractivity contribution is -0.140. The van der Waals surface area contributed by atoms with E-state index in [1.807, 2.05) is 0 Å². The van der Waals surface area contributed by atoms with Crippen molar-refractivity contribution in [1.29, 1.82) is 0 Å². The average molecular weight is 375 g/mol. The smallest absolute Gasteiger partial charge is 0.341 e. The van der Waals surface area contributed by atoms with Gasteiger partial charge in [-0.25, -0.2) is 13.2 Å². The normalized spacial score (nSPS) is 20.4. The SMILES string of the molecule is C[C@H](OC(=O)c1ccc(Cl)cc1N)C(=O)N(C)[C@H]1CCS(=O)(=O)C1. The monoisotopic (exact) mass is 374 g/mol. The van der Waals surface area contributed by atoms with E-state index in [9.17, 15) is 18.0 Å². The van der Waals surface area contributed by atoms with Crippen LogP contribution in [0.15, 0.2) is 18.2 Å². The van der Waals surface area contributed by atoms with Crippen LogP contribution in [-0.4, -0.2) is 55.9 Å². The number of hydrogen-bond donors (Lipinski definition) is 1.